The zero-order valence-electron chi connectivity index (χ0n) is 9.63. The number of aryl methyl sites for hydroxylation is 1. The topological polar surface area (TPSA) is 17.8 Å². The van der Waals surface area contributed by atoms with Crippen LogP contribution >= 0.6 is 0 Å². The molecular weight excluding hydrogens is 179 g/mol. The number of hydrogen-bond donors (Lipinski definition) is 0. The van der Waals surface area contributed by atoms with Crippen molar-refractivity contribution in [2.45, 2.75) is 52.8 Å². The fourth-order valence-electron chi connectivity index (χ4n) is 1.33. The Morgan fingerprint density at radius 1 is 1.50 bits per heavy atom. The first-order valence-corrected chi connectivity index (χ1v) is 5.03. The van der Waals surface area contributed by atoms with Crippen molar-refractivity contribution >= 4 is 0 Å². The van der Waals surface area contributed by atoms with E-state index in [-0.39, 0.29) is 0 Å². The van der Waals surface area contributed by atoms with Gasteiger partial charge in [0.1, 0.15) is 5.67 Å². The first-order valence-electron chi connectivity index (χ1n) is 5.03. The number of aromatic nitrogens is 2. The Balaban J connectivity index is 2.88. The van der Waals surface area contributed by atoms with Gasteiger partial charge in [-0.15, -0.1) is 0 Å². The van der Waals surface area contributed by atoms with Gasteiger partial charge in [-0.05, 0) is 32.8 Å². The van der Waals surface area contributed by atoms with Gasteiger partial charge in [-0.1, -0.05) is 13.8 Å². The third-order valence-electron chi connectivity index (χ3n) is 2.12. The summed E-state index contributed by atoms with van der Waals surface area (Å²) in [4.78, 5) is 0. The van der Waals surface area contributed by atoms with Crippen molar-refractivity contribution in [3.8, 4) is 0 Å². The molecule has 0 N–H and O–H groups in total. The smallest absolute Gasteiger partial charge is 0.125 e. The number of hydrogen-bond acceptors (Lipinski definition) is 1. The van der Waals surface area contributed by atoms with Gasteiger partial charge in [0.15, 0.2) is 0 Å². The second-order valence-corrected chi connectivity index (χ2v) is 4.74. The molecular formula is C11H19FN2. The predicted octanol–water partition coefficient (Wildman–Crippen LogP) is 3.06. The Bertz CT molecular complexity index is 308. The fourth-order valence-corrected chi connectivity index (χ4v) is 1.33. The average molecular weight is 198 g/mol. The van der Waals surface area contributed by atoms with E-state index in [4.69, 9.17) is 0 Å². The maximum Gasteiger partial charge on any atom is 0.125 e. The zero-order valence-corrected chi connectivity index (χ0v) is 9.63. The van der Waals surface area contributed by atoms with Crippen molar-refractivity contribution < 1.29 is 4.39 Å². The van der Waals surface area contributed by atoms with Gasteiger partial charge in [-0.2, -0.15) is 5.10 Å². The van der Waals surface area contributed by atoms with Crippen molar-refractivity contribution in [1.82, 2.24) is 9.78 Å². The number of rotatable bonds is 3. The largest absolute Gasteiger partial charge is 0.266 e. The standard InChI is InChI=1S/C11H19FN2/c1-8(2)10-6-9(3)14(13-10)7-11(4,5)12/h6,8H,7H2,1-5H3. The normalized spacial score (nSPS) is 12.5. The van der Waals surface area contributed by atoms with E-state index in [0.717, 1.165) is 11.4 Å². The summed E-state index contributed by atoms with van der Waals surface area (Å²) in [7, 11) is 0. The van der Waals surface area contributed by atoms with Gasteiger partial charge < -0.3 is 0 Å². The molecule has 0 aliphatic carbocycles. The lowest BCUT2D eigenvalue weighted by atomic mass is 10.1. The first kappa shape index (κ1) is 11.2. The highest BCUT2D eigenvalue weighted by molar-refractivity contribution is 5.12. The molecule has 0 fully saturated rings. The van der Waals surface area contributed by atoms with Gasteiger partial charge in [0.2, 0.25) is 0 Å². The van der Waals surface area contributed by atoms with Gasteiger partial charge in [-0.25, -0.2) is 4.39 Å². The quantitative estimate of drug-likeness (QED) is 0.730. The highest BCUT2D eigenvalue weighted by Gasteiger charge is 2.18. The molecule has 2 nitrogen and oxygen atoms in total. The number of halogens is 1. The van der Waals surface area contributed by atoms with Crippen molar-refractivity contribution in [2.75, 3.05) is 0 Å². The summed E-state index contributed by atoms with van der Waals surface area (Å²) in [6, 6.07) is 2.02. The van der Waals surface area contributed by atoms with E-state index in [1.807, 2.05) is 13.0 Å². The molecule has 80 valence electrons. The van der Waals surface area contributed by atoms with Gasteiger partial charge >= 0.3 is 0 Å². The van der Waals surface area contributed by atoms with E-state index in [1.165, 1.54) is 0 Å². The minimum absolute atomic E-state index is 0.325. The summed E-state index contributed by atoms with van der Waals surface area (Å²) in [5.74, 6) is 0.401. The highest BCUT2D eigenvalue weighted by atomic mass is 19.1. The maximum atomic E-state index is 13.4. The molecule has 0 radical (unpaired) electrons. The average Bonchev–Trinajstić information content (AvgIpc) is 2.29. The van der Waals surface area contributed by atoms with Crippen LogP contribution in [0.1, 0.15) is 45.0 Å². The van der Waals surface area contributed by atoms with Crippen molar-refractivity contribution in [2.24, 2.45) is 0 Å². The monoisotopic (exact) mass is 198 g/mol. The fraction of sp³-hybridized carbons (Fsp3) is 0.727. The second-order valence-electron chi connectivity index (χ2n) is 4.74. The van der Waals surface area contributed by atoms with Crippen LogP contribution in [0.25, 0.3) is 0 Å². The van der Waals surface area contributed by atoms with Crippen molar-refractivity contribution in [3.63, 3.8) is 0 Å². The predicted molar refractivity (Wildman–Crippen MR) is 56.2 cm³/mol. The molecule has 1 rings (SSSR count). The van der Waals surface area contributed by atoms with Crippen LogP contribution in [0.5, 0.6) is 0 Å². The Morgan fingerprint density at radius 2 is 2.07 bits per heavy atom. The van der Waals surface area contributed by atoms with Crippen LogP contribution in [0, 0.1) is 6.92 Å². The summed E-state index contributed by atoms with van der Waals surface area (Å²) < 4.78 is 15.1. The van der Waals surface area contributed by atoms with E-state index in [9.17, 15) is 4.39 Å². The molecule has 0 spiro atoms. The molecule has 0 aromatic carbocycles. The molecule has 0 aliphatic rings. The molecule has 0 amide bonds. The number of alkyl halides is 1. The zero-order chi connectivity index (χ0) is 10.9. The van der Waals surface area contributed by atoms with Crippen molar-refractivity contribution in [1.29, 1.82) is 0 Å². The summed E-state index contributed by atoms with van der Waals surface area (Å²) >= 11 is 0. The summed E-state index contributed by atoms with van der Waals surface area (Å²) in [6.07, 6.45) is 0. The lowest BCUT2D eigenvalue weighted by molar-refractivity contribution is 0.177. The minimum atomic E-state index is -1.20. The molecule has 14 heavy (non-hydrogen) atoms. The highest BCUT2D eigenvalue weighted by Crippen LogP contribution is 2.17. The Kier molecular flexibility index (Phi) is 2.98. The summed E-state index contributed by atoms with van der Waals surface area (Å²) in [5, 5.41) is 4.37. The van der Waals surface area contributed by atoms with E-state index < -0.39 is 5.67 Å². The van der Waals surface area contributed by atoms with Gasteiger partial charge in [0.25, 0.3) is 0 Å². The van der Waals surface area contributed by atoms with Crippen LogP contribution in [-0.2, 0) is 6.54 Å². The summed E-state index contributed by atoms with van der Waals surface area (Å²) in [6.45, 7) is 9.61. The lowest BCUT2D eigenvalue weighted by Gasteiger charge is -2.15. The lowest BCUT2D eigenvalue weighted by Crippen LogP contribution is -2.22. The van der Waals surface area contributed by atoms with Crippen molar-refractivity contribution in [3.05, 3.63) is 17.5 Å². The van der Waals surface area contributed by atoms with E-state index >= 15 is 0 Å². The van der Waals surface area contributed by atoms with Crippen LogP contribution < -0.4 is 0 Å². The van der Waals surface area contributed by atoms with Crippen LogP contribution in [-0.4, -0.2) is 15.4 Å². The SMILES string of the molecule is Cc1cc(C(C)C)nn1CC(C)(C)F. The second kappa shape index (κ2) is 3.71. The Morgan fingerprint density at radius 3 is 2.43 bits per heavy atom. The van der Waals surface area contributed by atoms with E-state index in [0.29, 0.717) is 12.5 Å². The minimum Gasteiger partial charge on any atom is -0.266 e. The molecule has 0 unspecified atom stereocenters. The molecule has 1 aromatic heterocycles. The van der Waals surface area contributed by atoms with Crippen LogP contribution in [0.3, 0.4) is 0 Å². The van der Waals surface area contributed by atoms with Crippen LogP contribution in [0.15, 0.2) is 6.07 Å². The molecule has 3 heteroatoms. The Hall–Kier alpha value is -0.860. The van der Waals surface area contributed by atoms with Gasteiger partial charge in [-0.3, -0.25) is 4.68 Å². The molecule has 1 aromatic rings. The molecule has 0 saturated carbocycles. The van der Waals surface area contributed by atoms with E-state index in [2.05, 4.69) is 18.9 Å². The molecule has 0 aliphatic heterocycles. The van der Waals surface area contributed by atoms with Gasteiger partial charge in [0.05, 0.1) is 12.2 Å². The summed E-state index contributed by atoms with van der Waals surface area (Å²) in [5.41, 5.74) is 0.858. The third kappa shape index (κ3) is 2.82. The molecule has 0 bridgehead atoms. The van der Waals surface area contributed by atoms with Gasteiger partial charge in [0, 0.05) is 5.69 Å². The Labute approximate surface area is 85.1 Å². The van der Waals surface area contributed by atoms with Crippen LogP contribution in [0.4, 0.5) is 4.39 Å². The molecule has 1 heterocycles. The number of nitrogens with zero attached hydrogens (tertiary/aromatic N) is 2. The molecule has 0 saturated heterocycles. The third-order valence-corrected chi connectivity index (χ3v) is 2.12. The maximum absolute atomic E-state index is 13.4. The van der Waals surface area contributed by atoms with Crippen LogP contribution in [0.2, 0.25) is 0 Å². The van der Waals surface area contributed by atoms with E-state index in [1.54, 1.807) is 18.5 Å². The molecule has 0 atom stereocenters. The first-order chi connectivity index (χ1) is 6.29.